The molecule has 0 aliphatic carbocycles. The van der Waals surface area contributed by atoms with Crippen LogP contribution in [0.3, 0.4) is 0 Å². The number of piperidine rings is 1. The Hall–Kier alpha value is -3.26. The number of nitrogens with zero attached hydrogens (tertiary/aromatic N) is 5. The molecule has 31 heavy (non-hydrogen) atoms. The first kappa shape index (κ1) is 19.7. The van der Waals surface area contributed by atoms with Crippen molar-refractivity contribution in [3.05, 3.63) is 65.0 Å². The predicted molar refractivity (Wildman–Crippen MR) is 115 cm³/mol. The molecular formula is C22H19ClFN5O2. The number of hydrogen-bond donors (Lipinski definition) is 0. The van der Waals surface area contributed by atoms with Crippen LogP contribution in [-0.2, 0) is 0 Å². The van der Waals surface area contributed by atoms with Crippen LogP contribution < -0.4 is 4.90 Å². The second kappa shape index (κ2) is 7.77. The molecule has 0 N–H and O–H groups in total. The molecule has 5 rings (SSSR count). The number of oxazole rings is 1. The number of hydrogen-bond acceptors (Lipinski definition) is 6. The van der Waals surface area contributed by atoms with Gasteiger partial charge in [-0.1, -0.05) is 11.6 Å². The maximum absolute atomic E-state index is 15.2. The van der Waals surface area contributed by atoms with E-state index in [4.69, 9.17) is 16.0 Å². The summed E-state index contributed by atoms with van der Waals surface area (Å²) in [6, 6.07) is 8.12. The summed E-state index contributed by atoms with van der Waals surface area (Å²) in [4.78, 5) is 19.6. The third-order valence-corrected chi connectivity index (χ3v) is 6.00. The zero-order valence-electron chi connectivity index (χ0n) is 16.7. The SMILES string of the molecule is C[C@@H]1CC[C@@H](c2nc3cc(Cl)ccc3o2)CN1c1c(F)ccc(C=O)c1-n1nccn1. The minimum atomic E-state index is -0.435. The van der Waals surface area contributed by atoms with Crippen molar-refractivity contribution in [3.8, 4) is 5.69 Å². The van der Waals surface area contributed by atoms with E-state index in [1.807, 2.05) is 11.8 Å². The molecule has 1 saturated heterocycles. The van der Waals surface area contributed by atoms with Crippen molar-refractivity contribution in [2.45, 2.75) is 31.7 Å². The van der Waals surface area contributed by atoms with Crippen LogP contribution in [0, 0.1) is 5.82 Å². The van der Waals surface area contributed by atoms with Crippen molar-refractivity contribution in [1.82, 2.24) is 20.0 Å². The number of aldehydes is 1. The van der Waals surface area contributed by atoms with Gasteiger partial charge < -0.3 is 9.32 Å². The van der Waals surface area contributed by atoms with Crippen LogP contribution in [0.5, 0.6) is 0 Å². The second-order valence-corrected chi connectivity index (χ2v) is 8.15. The number of rotatable bonds is 4. The van der Waals surface area contributed by atoms with Gasteiger partial charge in [-0.2, -0.15) is 10.2 Å². The number of benzene rings is 2. The minimum Gasteiger partial charge on any atom is -0.440 e. The van der Waals surface area contributed by atoms with Crippen molar-refractivity contribution in [2.24, 2.45) is 0 Å². The van der Waals surface area contributed by atoms with Crippen molar-refractivity contribution in [1.29, 1.82) is 0 Å². The molecule has 9 heteroatoms. The first-order valence-electron chi connectivity index (χ1n) is 10.0. The molecule has 158 valence electrons. The molecular weight excluding hydrogens is 421 g/mol. The Balaban J connectivity index is 1.57. The smallest absolute Gasteiger partial charge is 0.200 e. The Morgan fingerprint density at radius 1 is 1.16 bits per heavy atom. The van der Waals surface area contributed by atoms with Crippen molar-refractivity contribution >= 4 is 34.7 Å². The highest BCUT2D eigenvalue weighted by atomic mass is 35.5. The summed E-state index contributed by atoms with van der Waals surface area (Å²) in [5.74, 6) is 0.120. The standard InChI is InChI=1S/C22H19ClFN5O2/c1-13-2-3-14(22-27-18-10-16(23)5-7-19(18)31-22)11-28(13)21-17(24)6-4-15(12-30)20(21)29-25-8-9-26-29/h4-10,12-14H,2-3,11H2,1H3/t13-,14-/m1/s1. The zero-order valence-corrected chi connectivity index (χ0v) is 17.5. The van der Waals surface area contributed by atoms with Crippen LogP contribution in [0.2, 0.25) is 5.02 Å². The molecule has 4 aromatic rings. The molecule has 0 amide bonds. The quantitative estimate of drug-likeness (QED) is 0.426. The fraction of sp³-hybridized carbons (Fsp3) is 0.273. The molecule has 1 fully saturated rings. The number of aromatic nitrogens is 4. The molecule has 0 radical (unpaired) electrons. The molecule has 2 atom stereocenters. The molecule has 3 heterocycles. The van der Waals surface area contributed by atoms with E-state index in [0.717, 1.165) is 12.8 Å². The van der Waals surface area contributed by atoms with Crippen LogP contribution in [0.25, 0.3) is 16.8 Å². The van der Waals surface area contributed by atoms with Gasteiger partial charge in [0.2, 0.25) is 0 Å². The third-order valence-electron chi connectivity index (χ3n) is 5.76. The Morgan fingerprint density at radius 2 is 1.97 bits per heavy atom. The Bertz CT molecular complexity index is 1260. The molecule has 0 spiro atoms. The lowest BCUT2D eigenvalue weighted by Crippen LogP contribution is -2.42. The van der Waals surface area contributed by atoms with Crippen LogP contribution in [-0.4, -0.2) is 38.9 Å². The molecule has 2 aromatic heterocycles. The second-order valence-electron chi connectivity index (χ2n) is 7.71. The van der Waals surface area contributed by atoms with Gasteiger partial charge in [0.25, 0.3) is 0 Å². The summed E-state index contributed by atoms with van der Waals surface area (Å²) < 4.78 is 21.2. The van der Waals surface area contributed by atoms with E-state index in [2.05, 4.69) is 15.2 Å². The van der Waals surface area contributed by atoms with Crippen LogP contribution in [0.15, 0.2) is 47.1 Å². The number of carbonyl (C=O) groups is 1. The maximum atomic E-state index is 15.2. The lowest BCUT2D eigenvalue weighted by Gasteiger charge is -2.39. The van der Waals surface area contributed by atoms with E-state index in [1.54, 1.807) is 18.2 Å². The van der Waals surface area contributed by atoms with Gasteiger partial charge in [-0.3, -0.25) is 4.79 Å². The number of anilines is 1. The highest BCUT2D eigenvalue weighted by Gasteiger charge is 2.33. The minimum absolute atomic E-state index is 0.0416. The number of halogens is 2. The van der Waals surface area contributed by atoms with Gasteiger partial charge in [0.1, 0.15) is 22.7 Å². The van der Waals surface area contributed by atoms with E-state index >= 15 is 4.39 Å². The van der Waals surface area contributed by atoms with Gasteiger partial charge in [0.05, 0.1) is 18.3 Å². The van der Waals surface area contributed by atoms with E-state index < -0.39 is 5.82 Å². The Labute approximate surface area is 182 Å². The number of fused-ring (bicyclic) bond motifs is 1. The molecule has 1 aliphatic rings. The topological polar surface area (TPSA) is 77.0 Å². The molecule has 0 bridgehead atoms. The average molecular weight is 440 g/mol. The first-order valence-corrected chi connectivity index (χ1v) is 10.4. The van der Waals surface area contributed by atoms with Gasteiger partial charge in [0, 0.05) is 23.2 Å². The summed E-state index contributed by atoms with van der Waals surface area (Å²) in [6.07, 6.45) is 5.34. The van der Waals surface area contributed by atoms with Crippen molar-refractivity contribution in [3.63, 3.8) is 0 Å². The van der Waals surface area contributed by atoms with E-state index in [9.17, 15) is 4.79 Å². The van der Waals surface area contributed by atoms with Crippen LogP contribution >= 0.6 is 11.6 Å². The van der Waals surface area contributed by atoms with Crippen molar-refractivity contribution < 1.29 is 13.6 Å². The average Bonchev–Trinajstić information content (AvgIpc) is 3.44. The Kier molecular flexibility index (Phi) is 4.94. The third kappa shape index (κ3) is 3.46. The molecule has 0 unspecified atom stereocenters. The van der Waals surface area contributed by atoms with E-state index in [1.165, 1.54) is 29.3 Å². The lowest BCUT2D eigenvalue weighted by atomic mass is 9.92. The summed E-state index contributed by atoms with van der Waals surface area (Å²) in [6.45, 7) is 2.52. The summed E-state index contributed by atoms with van der Waals surface area (Å²) in [7, 11) is 0. The molecule has 0 saturated carbocycles. The van der Waals surface area contributed by atoms with E-state index in [0.29, 0.717) is 51.8 Å². The maximum Gasteiger partial charge on any atom is 0.200 e. The van der Waals surface area contributed by atoms with Gasteiger partial charge in [0.15, 0.2) is 17.8 Å². The van der Waals surface area contributed by atoms with E-state index in [-0.39, 0.29) is 12.0 Å². The van der Waals surface area contributed by atoms with Crippen LogP contribution in [0.4, 0.5) is 10.1 Å². The molecule has 2 aromatic carbocycles. The highest BCUT2D eigenvalue weighted by Crippen LogP contribution is 2.38. The Morgan fingerprint density at radius 3 is 2.74 bits per heavy atom. The fourth-order valence-corrected chi connectivity index (χ4v) is 4.36. The first-order chi connectivity index (χ1) is 15.0. The summed E-state index contributed by atoms with van der Waals surface area (Å²) in [5, 5.41) is 8.87. The van der Waals surface area contributed by atoms with Crippen LogP contribution in [0.1, 0.15) is 41.9 Å². The molecule has 1 aliphatic heterocycles. The van der Waals surface area contributed by atoms with Gasteiger partial charge in [-0.05, 0) is 50.1 Å². The van der Waals surface area contributed by atoms with Crippen molar-refractivity contribution in [2.75, 3.05) is 11.4 Å². The van der Waals surface area contributed by atoms with Gasteiger partial charge in [-0.15, -0.1) is 4.80 Å². The van der Waals surface area contributed by atoms with Gasteiger partial charge in [-0.25, -0.2) is 9.37 Å². The molecule has 7 nitrogen and oxygen atoms in total. The summed E-state index contributed by atoms with van der Waals surface area (Å²) >= 11 is 6.07. The summed E-state index contributed by atoms with van der Waals surface area (Å²) in [5.41, 5.74) is 2.32. The largest absolute Gasteiger partial charge is 0.440 e. The van der Waals surface area contributed by atoms with Gasteiger partial charge >= 0.3 is 0 Å². The zero-order chi connectivity index (χ0) is 21.5. The fourth-order valence-electron chi connectivity index (χ4n) is 4.19. The highest BCUT2D eigenvalue weighted by molar-refractivity contribution is 6.31. The monoisotopic (exact) mass is 439 g/mol. The normalized spacial score (nSPS) is 19.1. The predicted octanol–water partition coefficient (Wildman–Crippen LogP) is 4.79. The lowest BCUT2D eigenvalue weighted by molar-refractivity contribution is 0.112. The number of carbonyl (C=O) groups excluding carboxylic acids is 1.